The molecular weight excluding hydrogens is 222 g/mol. The number of nitrogens with one attached hydrogen (secondary N) is 2. The maximum absolute atomic E-state index is 11.2. The van der Waals surface area contributed by atoms with Gasteiger partial charge in [0.1, 0.15) is 0 Å². The van der Waals surface area contributed by atoms with Crippen molar-refractivity contribution < 1.29 is 13.2 Å². The van der Waals surface area contributed by atoms with Crippen molar-refractivity contribution in [3.8, 4) is 0 Å². The van der Waals surface area contributed by atoms with E-state index in [0.717, 1.165) is 0 Å². The Bertz CT molecular complexity index is 298. The Kier molecular flexibility index (Phi) is 7.96. The van der Waals surface area contributed by atoms with E-state index in [1.54, 1.807) is 0 Å². The highest BCUT2D eigenvalue weighted by atomic mass is 32.2. The van der Waals surface area contributed by atoms with Crippen LogP contribution >= 0.6 is 0 Å². The summed E-state index contributed by atoms with van der Waals surface area (Å²) < 4.78 is 31.6. The van der Waals surface area contributed by atoms with Gasteiger partial charge in [-0.3, -0.25) is 0 Å². The minimum Gasteiger partial charge on any atom is -0.383 e. The van der Waals surface area contributed by atoms with E-state index in [9.17, 15) is 8.42 Å². The van der Waals surface area contributed by atoms with Crippen molar-refractivity contribution in [3.63, 3.8) is 0 Å². The summed E-state index contributed by atoms with van der Waals surface area (Å²) in [5.74, 6) is 0. The molecule has 0 bridgehead atoms. The van der Waals surface area contributed by atoms with E-state index in [-0.39, 0.29) is 19.6 Å². The van der Waals surface area contributed by atoms with Gasteiger partial charge < -0.3 is 4.74 Å². The first-order chi connectivity index (χ1) is 7.12. The molecule has 0 heterocycles. The molecule has 8 nitrogen and oxygen atoms in total. The molecule has 0 aromatic heterocycles. The molecule has 0 rings (SSSR count). The van der Waals surface area contributed by atoms with Crippen LogP contribution < -0.4 is 9.44 Å². The van der Waals surface area contributed by atoms with Crippen LogP contribution in [0.3, 0.4) is 0 Å². The molecule has 88 valence electrons. The summed E-state index contributed by atoms with van der Waals surface area (Å²) in [5.41, 5.74) is 7.96. The first kappa shape index (κ1) is 14.1. The molecule has 2 N–H and O–H groups in total. The molecule has 0 saturated heterocycles. The Balaban J connectivity index is 3.60. The van der Waals surface area contributed by atoms with E-state index in [0.29, 0.717) is 13.0 Å². The quantitative estimate of drug-likeness (QED) is 0.249. The van der Waals surface area contributed by atoms with Crippen LogP contribution in [0.5, 0.6) is 0 Å². The molecule has 0 atom stereocenters. The van der Waals surface area contributed by atoms with Gasteiger partial charge in [-0.2, -0.15) is 13.1 Å². The van der Waals surface area contributed by atoms with Gasteiger partial charge in [0, 0.05) is 31.7 Å². The van der Waals surface area contributed by atoms with Crippen molar-refractivity contribution in [1.82, 2.24) is 9.44 Å². The third kappa shape index (κ3) is 9.44. The van der Waals surface area contributed by atoms with Crippen LogP contribution in [0, 0.1) is 0 Å². The Hall–Kier alpha value is -0.860. The number of methoxy groups -OCH3 is 1. The molecule has 0 aliphatic carbocycles. The summed E-state index contributed by atoms with van der Waals surface area (Å²) in [7, 11) is -1.97. The van der Waals surface area contributed by atoms with Gasteiger partial charge in [-0.1, -0.05) is 5.11 Å². The summed E-state index contributed by atoms with van der Waals surface area (Å²) in [6.45, 7) is 1.06. The highest BCUT2D eigenvalue weighted by Crippen LogP contribution is 1.82. The van der Waals surface area contributed by atoms with Crippen LogP contribution in [0.4, 0.5) is 0 Å². The molecule has 0 saturated carbocycles. The Morgan fingerprint density at radius 3 is 2.67 bits per heavy atom. The Morgan fingerprint density at radius 1 is 1.40 bits per heavy atom. The number of nitrogens with zero attached hydrogens (tertiary/aromatic N) is 3. The fraction of sp³-hybridized carbons (Fsp3) is 1.00. The third-order valence-corrected chi connectivity index (χ3v) is 2.56. The number of ether oxygens (including phenoxy) is 1. The zero-order valence-corrected chi connectivity index (χ0v) is 9.33. The lowest BCUT2D eigenvalue weighted by molar-refractivity contribution is 0.204. The summed E-state index contributed by atoms with van der Waals surface area (Å²) in [6, 6.07) is 0. The van der Waals surface area contributed by atoms with E-state index < -0.39 is 10.2 Å². The van der Waals surface area contributed by atoms with E-state index in [1.165, 1.54) is 7.11 Å². The second-order valence-corrected chi connectivity index (χ2v) is 4.18. The molecule has 0 aromatic carbocycles. The van der Waals surface area contributed by atoms with Gasteiger partial charge >= 0.3 is 0 Å². The molecule has 15 heavy (non-hydrogen) atoms. The standard InChI is InChI=1S/C6H15N5O3S/c1-14-6-5-10-15(12,13)9-4-2-3-8-11-7/h9-10H,2-6H2,1H3. The molecule has 0 amide bonds. The summed E-state index contributed by atoms with van der Waals surface area (Å²) in [4.78, 5) is 2.55. The van der Waals surface area contributed by atoms with Crippen LogP contribution in [0.25, 0.3) is 10.4 Å². The normalized spacial score (nSPS) is 11.0. The van der Waals surface area contributed by atoms with E-state index in [4.69, 9.17) is 5.53 Å². The van der Waals surface area contributed by atoms with Crippen LogP contribution in [-0.2, 0) is 14.9 Å². The van der Waals surface area contributed by atoms with E-state index in [1.807, 2.05) is 0 Å². The van der Waals surface area contributed by atoms with Gasteiger partial charge in [-0.15, -0.1) is 0 Å². The molecule has 0 unspecified atom stereocenters. The van der Waals surface area contributed by atoms with Crippen molar-refractivity contribution >= 4 is 10.2 Å². The first-order valence-corrected chi connectivity index (χ1v) is 5.85. The predicted octanol–water partition coefficient (Wildman–Crippen LogP) is -0.243. The SMILES string of the molecule is COCCNS(=O)(=O)NCCCN=[N+]=[N-]. The highest BCUT2D eigenvalue weighted by Gasteiger charge is 2.06. The number of hydrogen-bond donors (Lipinski definition) is 2. The lowest BCUT2D eigenvalue weighted by atomic mass is 10.4. The van der Waals surface area contributed by atoms with Crippen LogP contribution in [0.2, 0.25) is 0 Å². The van der Waals surface area contributed by atoms with Crippen molar-refractivity contribution in [3.05, 3.63) is 10.4 Å². The average molecular weight is 237 g/mol. The van der Waals surface area contributed by atoms with Crippen molar-refractivity contribution in [1.29, 1.82) is 0 Å². The third-order valence-electron chi connectivity index (χ3n) is 1.39. The average Bonchev–Trinajstić information content (AvgIpc) is 2.17. The number of azide groups is 1. The molecular formula is C6H15N5O3S. The van der Waals surface area contributed by atoms with Crippen LogP contribution in [0.15, 0.2) is 5.11 Å². The van der Waals surface area contributed by atoms with Crippen molar-refractivity contribution in [2.45, 2.75) is 6.42 Å². The smallest absolute Gasteiger partial charge is 0.276 e. The summed E-state index contributed by atoms with van der Waals surface area (Å²) in [6.07, 6.45) is 0.468. The van der Waals surface area contributed by atoms with Gasteiger partial charge in [0.05, 0.1) is 6.61 Å². The fourth-order valence-corrected chi connectivity index (χ4v) is 1.60. The lowest BCUT2D eigenvalue weighted by Crippen LogP contribution is -2.38. The Morgan fingerprint density at radius 2 is 2.07 bits per heavy atom. The Labute approximate surface area is 88.8 Å². The summed E-state index contributed by atoms with van der Waals surface area (Å²) >= 11 is 0. The van der Waals surface area contributed by atoms with Gasteiger partial charge in [0.15, 0.2) is 0 Å². The molecule has 0 aromatic rings. The van der Waals surface area contributed by atoms with Gasteiger partial charge in [0.2, 0.25) is 0 Å². The highest BCUT2D eigenvalue weighted by molar-refractivity contribution is 7.87. The predicted molar refractivity (Wildman–Crippen MR) is 55.4 cm³/mol. The fourth-order valence-electron chi connectivity index (χ4n) is 0.730. The van der Waals surface area contributed by atoms with Gasteiger partial charge in [-0.25, -0.2) is 4.72 Å². The first-order valence-electron chi connectivity index (χ1n) is 4.36. The number of hydrogen-bond acceptors (Lipinski definition) is 4. The molecule has 0 radical (unpaired) electrons. The number of rotatable bonds is 9. The summed E-state index contributed by atoms with van der Waals surface area (Å²) in [5, 5.41) is 3.27. The van der Waals surface area contributed by atoms with Gasteiger partial charge in [0.25, 0.3) is 10.2 Å². The topological polar surface area (TPSA) is 116 Å². The monoisotopic (exact) mass is 237 g/mol. The minimum absolute atomic E-state index is 0.224. The molecule has 0 fully saturated rings. The molecule has 0 spiro atoms. The van der Waals surface area contributed by atoms with Gasteiger partial charge in [-0.05, 0) is 12.0 Å². The maximum atomic E-state index is 11.2. The zero-order chi connectivity index (χ0) is 11.6. The second kappa shape index (κ2) is 8.45. The minimum atomic E-state index is -3.46. The lowest BCUT2D eigenvalue weighted by Gasteiger charge is -2.06. The second-order valence-electron chi connectivity index (χ2n) is 2.59. The van der Waals surface area contributed by atoms with Crippen LogP contribution in [0.1, 0.15) is 6.42 Å². The maximum Gasteiger partial charge on any atom is 0.276 e. The van der Waals surface area contributed by atoms with Crippen LogP contribution in [-0.4, -0.2) is 41.8 Å². The van der Waals surface area contributed by atoms with E-state index >= 15 is 0 Å². The molecule has 0 aliphatic heterocycles. The largest absolute Gasteiger partial charge is 0.383 e. The zero-order valence-electron chi connectivity index (χ0n) is 8.51. The molecule has 0 aliphatic rings. The van der Waals surface area contributed by atoms with Crippen molar-refractivity contribution in [2.75, 3.05) is 33.4 Å². The van der Waals surface area contributed by atoms with Crippen molar-refractivity contribution in [2.24, 2.45) is 5.11 Å². The van der Waals surface area contributed by atoms with E-state index in [2.05, 4.69) is 24.2 Å². The molecule has 9 heteroatoms.